The molecule has 0 saturated carbocycles. The van der Waals surface area contributed by atoms with Crippen LogP contribution in [0.2, 0.25) is 0 Å². The molecule has 1 saturated heterocycles. The number of carbonyl (C=O) groups is 1. The fraction of sp³-hybridized carbons (Fsp3) is 0.588. The Morgan fingerprint density at radius 1 is 1.42 bits per heavy atom. The van der Waals surface area contributed by atoms with Gasteiger partial charge in [-0.05, 0) is 37.1 Å². The van der Waals surface area contributed by atoms with Crippen molar-refractivity contribution in [2.24, 2.45) is 11.7 Å². The molecule has 1 aromatic carbocycles. The summed E-state index contributed by atoms with van der Waals surface area (Å²) in [5, 5.41) is 2.83. The molecule has 1 aromatic rings. The molecule has 1 aliphatic heterocycles. The van der Waals surface area contributed by atoms with Crippen molar-refractivity contribution in [1.29, 1.82) is 0 Å². The van der Waals surface area contributed by atoms with Gasteiger partial charge in [0, 0.05) is 26.2 Å². The van der Waals surface area contributed by atoms with Crippen LogP contribution in [0.1, 0.15) is 18.4 Å². The van der Waals surface area contributed by atoms with E-state index in [9.17, 15) is 13.6 Å². The maximum absolute atomic E-state index is 12.4. The predicted octanol–water partition coefficient (Wildman–Crippen LogP) is 2.01. The zero-order valence-corrected chi connectivity index (χ0v) is 15.6. The van der Waals surface area contributed by atoms with Gasteiger partial charge in [-0.1, -0.05) is 6.07 Å². The number of nitrogens with one attached hydrogen (secondary N) is 1. The van der Waals surface area contributed by atoms with E-state index in [4.69, 9.17) is 10.5 Å². The fourth-order valence-corrected chi connectivity index (χ4v) is 3.01. The van der Waals surface area contributed by atoms with E-state index in [1.165, 1.54) is 13.2 Å². The number of hydrogen-bond donors (Lipinski definition) is 2. The Kier molecular flexibility index (Phi) is 9.61. The molecule has 9 heteroatoms. The van der Waals surface area contributed by atoms with Crippen LogP contribution >= 0.6 is 12.4 Å². The molecule has 0 aromatic heterocycles. The number of ether oxygens (including phenoxy) is 2. The van der Waals surface area contributed by atoms with Crippen molar-refractivity contribution in [3.8, 4) is 11.5 Å². The van der Waals surface area contributed by atoms with Gasteiger partial charge in [0.05, 0.1) is 13.0 Å². The second kappa shape index (κ2) is 11.2. The Morgan fingerprint density at radius 3 is 2.85 bits per heavy atom. The third-order valence-electron chi connectivity index (χ3n) is 4.17. The van der Waals surface area contributed by atoms with Crippen molar-refractivity contribution in [3.63, 3.8) is 0 Å². The highest BCUT2D eigenvalue weighted by molar-refractivity contribution is 5.85. The molecule has 0 spiro atoms. The van der Waals surface area contributed by atoms with Gasteiger partial charge in [0.15, 0.2) is 11.5 Å². The van der Waals surface area contributed by atoms with Crippen LogP contribution in [0.15, 0.2) is 18.2 Å². The van der Waals surface area contributed by atoms with Gasteiger partial charge in [-0.25, -0.2) is 0 Å². The molecule has 148 valence electrons. The number of alkyl halides is 2. The average molecular weight is 394 g/mol. The Hall–Kier alpha value is -1.64. The second-order valence-electron chi connectivity index (χ2n) is 6.02. The van der Waals surface area contributed by atoms with E-state index in [-0.39, 0.29) is 35.7 Å². The minimum absolute atomic E-state index is 0. The summed E-state index contributed by atoms with van der Waals surface area (Å²) in [6.07, 6.45) is 1.79. The molecule has 6 nitrogen and oxygen atoms in total. The first-order valence-corrected chi connectivity index (χ1v) is 8.35. The molecule has 1 heterocycles. The minimum Gasteiger partial charge on any atom is -0.493 e. The van der Waals surface area contributed by atoms with Crippen LogP contribution in [0.4, 0.5) is 8.78 Å². The first-order chi connectivity index (χ1) is 12.0. The summed E-state index contributed by atoms with van der Waals surface area (Å²) in [4.78, 5) is 14.3. The first-order valence-electron chi connectivity index (χ1n) is 8.35. The molecule has 1 amide bonds. The molecule has 1 aliphatic rings. The van der Waals surface area contributed by atoms with Crippen molar-refractivity contribution in [2.45, 2.75) is 26.0 Å². The lowest BCUT2D eigenvalue weighted by molar-refractivity contribution is -0.126. The van der Waals surface area contributed by atoms with Crippen molar-refractivity contribution in [3.05, 3.63) is 23.8 Å². The topological polar surface area (TPSA) is 76.8 Å². The van der Waals surface area contributed by atoms with Crippen molar-refractivity contribution in [2.75, 3.05) is 33.3 Å². The lowest BCUT2D eigenvalue weighted by Gasteiger charge is -2.32. The van der Waals surface area contributed by atoms with Gasteiger partial charge in [-0.15, -0.1) is 12.4 Å². The van der Waals surface area contributed by atoms with Crippen LogP contribution in [0.5, 0.6) is 11.5 Å². The molecule has 0 aliphatic carbocycles. The number of hydrogen-bond acceptors (Lipinski definition) is 5. The van der Waals surface area contributed by atoms with Crippen LogP contribution in [-0.4, -0.2) is 50.7 Å². The normalized spacial score (nSPS) is 17.5. The Labute approximate surface area is 158 Å². The second-order valence-corrected chi connectivity index (χ2v) is 6.02. The van der Waals surface area contributed by atoms with Crippen LogP contribution in [-0.2, 0) is 11.3 Å². The van der Waals surface area contributed by atoms with Crippen molar-refractivity contribution in [1.82, 2.24) is 10.2 Å². The van der Waals surface area contributed by atoms with Gasteiger partial charge in [0.1, 0.15) is 0 Å². The lowest BCUT2D eigenvalue weighted by Crippen LogP contribution is -2.43. The van der Waals surface area contributed by atoms with E-state index in [0.29, 0.717) is 26.2 Å². The first kappa shape index (κ1) is 22.4. The summed E-state index contributed by atoms with van der Waals surface area (Å²) in [6, 6.07) is 4.91. The van der Waals surface area contributed by atoms with E-state index < -0.39 is 6.61 Å². The highest BCUT2D eigenvalue weighted by Crippen LogP contribution is 2.30. The molecule has 0 bridgehead atoms. The smallest absolute Gasteiger partial charge is 0.387 e. The lowest BCUT2D eigenvalue weighted by atomic mass is 9.96. The largest absolute Gasteiger partial charge is 0.493 e. The number of nitrogens with zero attached hydrogens (tertiary/aromatic N) is 1. The summed E-state index contributed by atoms with van der Waals surface area (Å²) >= 11 is 0. The van der Waals surface area contributed by atoms with Gasteiger partial charge >= 0.3 is 6.61 Å². The van der Waals surface area contributed by atoms with Crippen molar-refractivity contribution >= 4 is 18.3 Å². The molecule has 1 fully saturated rings. The zero-order valence-electron chi connectivity index (χ0n) is 14.7. The average Bonchev–Trinajstić information content (AvgIpc) is 2.60. The summed E-state index contributed by atoms with van der Waals surface area (Å²) < 4.78 is 34.3. The monoisotopic (exact) mass is 393 g/mol. The molecule has 1 unspecified atom stereocenters. The molecular formula is C17H26ClF2N3O3. The molecular weight excluding hydrogens is 368 g/mol. The number of amides is 1. The minimum atomic E-state index is -2.89. The van der Waals surface area contributed by atoms with Gasteiger partial charge in [0.25, 0.3) is 0 Å². The van der Waals surface area contributed by atoms with Crippen molar-refractivity contribution < 1.29 is 23.0 Å². The van der Waals surface area contributed by atoms with Gasteiger partial charge in [-0.3, -0.25) is 9.69 Å². The van der Waals surface area contributed by atoms with Crippen LogP contribution in [0, 0.1) is 5.92 Å². The number of methoxy groups -OCH3 is 1. The van der Waals surface area contributed by atoms with Crippen LogP contribution in [0.3, 0.4) is 0 Å². The van der Waals surface area contributed by atoms with E-state index in [2.05, 4.69) is 15.0 Å². The number of halogens is 3. The Balaban J connectivity index is 0.00000338. The maximum atomic E-state index is 12.4. The summed E-state index contributed by atoms with van der Waals surface area (Å²) in [5.41, 5.74) is 6.33. The van der Waals surface area contributed by atoms with Crippen LogP contribution in [0.25, 0.3) is 0 Å². The van der Waals surface area contributed by atoms with E-state index >= 15 is 0 Å². The van der Waals surface area contributed by atoms with Gasteiger partial charge in [-0.2, -0.15) is 8.78 Å². The zero-order chi connectivity index (χ0) is 18.2. The molecule has 0 radical (unpaired) electrons. The molecule has 1 atom stereocenters. The molecule has 3 N–H and O–H groups in total. The van der Waals surface area contributed by atoms with E-state index in [1.807, 2.05) is 0 Å². The number of carbonyl (C=O) groups excluding carboxylic acids is 1. The number of rotatable bonds is 8. The van der Waals surface area contributed by atoms with E-state index in [1.54, 1.807) is 12.1 Å². The van der Waals surface area contributed by atoms with E-state index in [0.717, 1.165) is 24.9 Å². The molecule has 2 rings (SSSR count). The quantitative estimate of drug-likeness (QED) is 0.706. The number of piperidine rings is 1. The highest BCUT2D eigenvalue weighted by Gasteiger charge is 2.25. The van der Waals surface area contributed by atoms with Crippen LogP contribution < -0.4 is 20.5 Å². The number of likely N-dealkylation sites (tertiary alicyclic amines) is 1. The summed E-state index contributed by atoms with van der Waals surface area (Å²) in [6.45, 7) is 0.181. The standard InChI is InChI=1S/C17H25F2N3O3.ClH/c1-24-15-9-12(4-5-14(15)25-17(18)19)10-22-8-2-3-13(11-22)16(23)21-7-6-20;/h4-5,9,13,17H,2-3,6-8,10-11,20H2,1H3,(H,21,23);1H. The molecule has 26 heavy (non-hydrogen) atoms. The predicted molar refractivity (Wildman–Crippen MR) is 96.9 cm³/mol. The Bertz CT molecular complexity index is 578. The van der Waals surface area contributed by atoms with Gasteiger partial charge < -0.3 is 20.5 Å². The third kappa shape index (κ3) is 6.59. The summed E-state index contributed by atoms with van der Waals surface area (Å²) in [5.74, 6) is 0.267. The number of benzene rings is 1. The SMILES string of the molecule is COc1cc(CN2CCCC(C(=O)NCCN)C2)ccc1OC(F)F.Cl. The number of nitrogens with two attached hydrogens (primary N) is 1. The fourth-order valence-electron chi connectivity index (χ4n) is 3.01. The highest BCUT2D eigenvalue weighted by atomic mass is 35.5. The maximum Gasteiger partial charge on any atom is 0.387 e. The third-order valence-corrected chi connectivity index (χ3v) is 4.17. The van der Waals surface area contributed by atoms with Gasteiger partial charge in [0.2, 0.25) is 5.91 Å². The summed E-state index contributed by atoms with van der Waals surface area (Å²) in [7, 11) is 1.41. The Morgan fingerprint density at radius 2 is 2.19 bits per heavy atom.